The molecule has 3 aromatic rings. The number of hydrogen-bond donors (Lipinski definition) is 1. The van der Waals surface area contributed by atoms with Crippen molar-refractivity contribution in [3.63, 3.8) is 0 Å². The van der Waals surface area contributed by atoms with Gasteiger partial charge in [0.25, 0.3) is 0 Å². The van der Waals surface area contributed by atoms with Crippen LogP contribution in [0.3, 0.4) is 0 Å². The molecule has 0 spiro atoms. The molecule has 0 saturated carbocycles. The molecule has 3 aromatic carbocycles. The number of hydrogen-bond acceptors (Lipinski definition) is 4. The number of urea groups is 1. The van der Waals surface area contributed by atoms with Gasteiger partial charge in [0, 0.05) is 35.2 Å². The van der Waals surface area contributed by atoms with E-state index in [1.807, 2.05) is 44.2 Å². The Kier molecular flexibility index (Phi) is 10.2. The fourth-order valence-corrected chi connectivity index (χ4v) is 4.68. The molecule has 3 rings (SSSR count). The summed E-state index contributed by atoms with van der Waals surface area (Å²) >= 11 is 12.2. The minimum atomic E-state index is -0.280. The molecule has 0 aliphatic heterocycles. The maximum atomic E-state index is 13.1. The van der Waals surface area contributed by atoms with Gasteiger partial charge < -0.3 is 19.7 Å². The van der Waals surface area contributed by atoms with Crippen LogP contribution in [-0.4, -0.2) is 37.2 Å². The van der Waals surface area contributed by atoms with Gasteiger partial charge in [0.15, 0.2) is 0 Å². The smallest absolute Gasteiger partial charge is 0.317 e. The Bertz CT molecular complexity index is 1240. The van der Waals surface area contributed by atoms with E-state index in [-0.39, 0.29) is 18.4 Å². The van der Waals surface area contributed by atoms with E-state index < -0.39 is 0 Å². The number of amides is 2. The maximum absolute atomic E-state index is 13.1. The van der Waals surface area contributed by atoms with Crippen LogP contribution in [0.15, 0.2) is 54.6 Å². The summed E-state index contributed by atoms with van der Waals surface area (Å²) in [5, 5.41) is 4.00. The molecular formula is C29H32Cl2N2O4. The van der Waals surface area contributed by atoms with Crippen molar-refractivity contribution in [3.05, 3.63) is 86.9 Å². The van der Waals surface area contributed by atoms with E-state index in [2.05, 4.69) is 11.4 Å². The highest BCUT2D eigenvalue weighted by molar-refractivity contribution is 6.34. The predicted octanol–water partition coefficient (Wildman–Crippen LogP) is 6.81. The number of ether oxygens (including phenoxy) is 2. The SMILES string of the molecule is CCOC(=O)Cc1ccc(OC)c(-c2ccc(C)cc2CN(CC)C(=O)NCc2cc(Cl)cc(Cl)c2)c1. The van der Waals surface area contributed by atoms with Gasteiger partial charge >= 0.3 is 12.0 Å². The van der Waals surface area contributed by atoms with Gasteiger partial charge in [-0.25, -0.2) is 4.79 Å². The van der Waals surface area contributed by atoms with Crippen molar-refractivity contribution in [2.24, 2.45) is 0 Å². The van der Waals surface area contributed by atoms with E-state index in [9.17, 15) is 9.59 Å². The van der Waals surface area contributed by atoms with E-state index in [0.717, 1.165) is 33.4 Å². The van der Waals surface area contributed by atoms with Crippen molar-refractivity contribution in [1.29, 1.82) is 0 Å². The summed E-state index contributed by atoms with van der Waals surface area (Å²) in [6.45, 7) is 7.28. The standard InChI is InChI=1S/C29H32Cl2N2O4/c1-5-33(29(35)32-17-21-12-23(30)16-24(31)13-21)18-22-11-19(3)7-9-25(22)26-14-20(8-10-27(26)36-4)15-28(34)37-6-2/h7-14,16H,5-6,15,17-18H2,1-4H3,(H,32,35). The molecule has 2 amide bonds. The van der Waals surface area contributed by atoms with Crippen LogP contribution in [0.4, 0.5) is 4.79 Å². The lowest BCUT2D eigenvalue weighted by Gasteiger charge is -2.24. The Morgan fingerprint density at radius 3 is 2.30 bits per heavy atom. The van der Waals surface area contributed by atoms with E-state index in [1.54, 1.807) is 37.1 Å². The molecule has 0 atom stereocenters. The van der Waals surface area contributed by atoms with Gasteiger partial charge in [-0.1, -0.05) is 53.0 Å². The summed E-state index contributed by atoms with van der Waals surface area (Å²) in [6, 6.07) is 16.8. The maximum Gasteiger partial charge on any atom is 0.317 e. The zero-order valence-electron chi connectivity index (χ0n) is 21.6. The zero-order valence-corrected chi connectivity index (χ0v) is 23.1. The van der Waals surface area contributed by atoms with Crippen molar-refractivity contribution in [2.45, 2.75) is 40.3 Å². The van der Waals surface area contributed by atoms with E-state index in [0.29, 0.717) is 42.0 Å². The molecule has 0 heterocycles. The number of benzene rings is 3. The largest absolute Gasteiger partial charge is 0.496 e. The minimum Gasteiger partial charge on any atom is -0.496 e. The van der Waals surface area contributed by atoms with E-state index in [1.165, 1.54) is 0 Å². The van der Waals surface area contributed by atoms with Crippen molar-refractivity contribution < 1.29 is 19.1 Å². The number of carbonyl (C=O) groups excluding carboxylic acids is 2. The number of esters is 1. The number of halogens is 2. The highest BCUT2D eigenvalue weighted by Crippen LogP contribution is 2.34. The van der Waals surface area contributed by atoms with Gasteiger partial charge in [-0.3, -0.25) is 4.79 Å². The number of nitrogens with zero attached hydrogens (tertiary/aromatic N) is 1. The summed E-state index contributed by atoms with van der Waals surface area (Å²) in [7, 11) is 1.62. The monoisotopic (exact) mass is 542 g/mol. The third-order valence-electron chi connectivity index (χ3n) is 5.86. The molecule has 0 aromatic heterocycles. The van der Waals surface area contributed by atoms with Crippen molar-refractivity contribution in [2.75, 3.05) is 20.3 Å². The molecule has 0 radical (unpaired) electrons. The van der Waals surface area contributed by atoms with Gasteiger partial charge in [-0.05, 0) is 73.4 Å². The third-order valence-corrected chi connectivity index (χ3v) is 6.30. The molecule has 0 aliphatic carbocycles. The Hall–Kier alpha value is -3.22. The second kappa shape index (κ2) is 13.4. The second-order valence-electron chi connectivity index (χ2n) is 8.63. The highest BCUT2D eigenvalue weighted by atomic mass is 35.5. The number of methoxy groups -OCH3 is 1. The zero-order chi connectivity index (χ0) is 26.9. The molecule has 0 aliphatic rings. The van der Waals surface area contributed by atoms with Gasteiger partial charge in [-0.15, -0.1) is 0 Å². The minimum absolute atomic E-state index is 0.170. The van der Waals surface area contributed by atoms with Crippen LogP contribution in [-0.2, 0) is 29.0 Å². The first-order valence-corrected chi connectivity index (χ1v) is 12.9. The van der Waals surface area contributed by atoms with Gasteiger partial charge in [-0.2, -0.15) is 0 Å². The lowest BCUT2D eigenvalue weighted by atomic mass is 9.94. The second-order valence-corrected chi connectivity index (χ2v) is 9.50. The fourth-order valence-electron chi connectivity index (χ4n) is 4.11. The number of aryl methyl sites for hydroxylation is 1. The topological polar surface area (TPSA) is 67.9 Å². The Morgan fingerprint density at radius 2 is 1.65 bits per heavy atom. The van der Waals surface area contributed by atoms with Crippen molar-refractivity contribution in [3.8, 4) is 16.9 Å². The average Bonchev–Trinajstić information content (AvgIpc) is 2.85. The highest BCUT2D eigenvalue weighted by Gasteiger charge is 2.18. The van der Waals surface area contributed by atoms with Crippen LogP contribution in [0.5, 0.6) is 5.75 Å². The summed E-state index contributed by atoms with van der Waals surface area (Å²) in [4.78, 5) is 26.9. The molecule has 6 nitrogen and oxygen atoms in total. The van der Waals surface area contributed by atoms with Crippen LogP contribution >= 0.6 is 23.2 Å². The molecule has 0 fully saturated rings. The molecule has 8 heteroatoms. The first kappa shape index (κ1) is 28.4. The lowest BCUT2D eigenvalue weighted by molar-refractivity contribution is -0.142. The van der Waals surface area contributed by atoms with Crippen LogP contribution in [0.2, 0.25) is 10.0 Å². The average molecular weight is 543 g/mol. The normalized spacial score (nSPS) is 10.6. The van der Waals surface area contributed by atoms with Gasteiger partial charge in [0.05, 0.1) is 20.1 Å². The summed E-state index contributed by atoms with van der Waals surface area (Å²) in [5.41, 5.74) is 5.47. The Balaban J connectivity index is 1.87. The van der Waals surface area contributed by atoms with Gasteiger partial charge in [0.2, 0.25) is 0 Å². The van der Waals surface area contributed by atoms with Crippen LogP contribution in [0.25, 0.3) is 11.1 Å². The Morgan fingerprint density at radius 1 is 0.919 bits per heavy atom. The first-order chi connectivity index (χ1) is 17.7. The number of nitrogens with one attached hydrogen (secondary N) is 1. The molecule has 1 N–H and O–H groups in total. The van der Waals surface area contributed by atoms with Crippen molar-refractivity contribution >= 4 is 35.2 Å². The van der Waals surface area contributed by atoms with Crippen LogP contribution < -0.4 is 10.1 Å². The molecule has 196 valence electrons. The van der Waals surface area contributed by atoms with Crippen LogP contribution in [0.1, 0.15) is 36.1 Å². The number of rotatable bonds is 10. The molecule has 0 bridgehead atoms. The van der Waals surface area contributed by atoms with Crippen molar-refractivity contribution in [1.82, 2.24) is 10.2 Å². The molecular weight excluding hydrogens is 511 g/mol. The van der Waals surface area contributed by atoms with Crippen LogP contribution in [0, 0.1) is 6.92 Å². The summed E-state index contributed by atoms with van der Waals surface area (Å²) in [5.74, 6) is 0.403. The summed E-state index contributed by atoms with van der Waals surface area (Å²) < 4.78 is 10.8. The predicted molar refractivity (Wildman–Crippen MR) is 148 cm³/mol. The first-order valence-electron chi connectivity index (χ1n) is 12.1. The van der Waals surface area contributed by atoms with E-state index >= 15 is 0 Å². The molecule has 0 unspecified atom stereocenters. The lowest BCUT2D eigenvalue weighted by Crippen LogP contribution is -2.39. The number of carbonyl (C=O) groups is 2. The van der Waals surface area contributed by atoms with Gasteiger partial charge in [0.1, 0.15) is 5.75 Å². The summed E-state index contributed by atoms with van der Waals surface area (Å²) in [6.07, 6.45) is 0.170. The quantitative estimate of drug-likeness (QED) is 0.285. The molecule has 0 saturated heterocycles. The molecule has 37 heavy (non-hydrogen) atoms. The fraction of sp³-hybridized carbons (Fsp3) is 0.310. The Labute approximate surface area is 228 Å². The van der Waals surface area contributed by atoms with E-state index in [4.69, 9.17) is 32.7 Å². The third kappa shape index (κ3) is 7.88.